The maximum atomic E-state index is 11.5. The van der Waals surface area contributed by atoms with Crippen molar-refractivity contribution in [3.05, 3.63) is 22.7 Å². The maximum Gasteiger partial charge on any atom is 0.290 e. The first kappa shape index (κ1) is 11.4. The first-order valence-corrected chi connectivity index (χ1v) is 5.75. The number of hydrogen-bond acceptors (Lipinski definition) is 4. The van der Waals surface area contributed by atoms with Crippen molar-refractivity contribution in [3.63, 3.8) is 0 Å². The van der Waals surface area contributed by atoms with Gasteiger partial charge in [0.25, 0.3) is 5.56 Å². The third-order valence-electron chi connectivity index (χ3n) is 2.80. The Balaban J connectivity index is 2.18. The van der Waals surface area contributed by atoms with Crippen LogP contribution in [0, 0.1) is 0 Å². The van der Waals surface area contributed by atoms with Crippen molar-refractivity contribution in [1.29, 1.82) is 0 Å². The lowest BCUT2D eigenvalue weighted by atomic mass is 9.92. The van der Waals surface area contributed by atoms with Crippen LogP contribution < -0.4 is 10.9 Å². The van der Waals surface area contributed by atoms with Gasteiger partial charge in [0.15, 0.2) is 5.82 Å². The number of H-pyrrole nitrogens is 1. The number of halogens is 1. The van der Waals surface area contributed by atoms with Crippen molar-refractivity contribution in [3.8, 4) is 0 Å². The number of ether oxygens (including phenoxy) is 1. The SMILES string of the molecule is O=c1[nH]ccnc1NC1(CCl)CCOCC1. The second-order valence-electron chi connectivity index (χ2n) is 3.92. The summed E-state index contributed by atoms with van der Waals surface area (Å²) in [7, 11) is 0. The largest absolute Gasteiger partial charge is 0.381 e. The highest BCUT2D eigenvalue weighted by Crippen LogP contribution is 2.25. The molecule has 6 heteroatoms. The smallest absolute Gasteiger partial charge is 0.290 e. The molecule has 0 aliphatic carbocycles. The fraction of sp³-hybridized carbons (Fsp3) is 0.600. The zero-order chi connectivity index (χ0) is 11.4. The van der Waals surface area contributed by atoms with E-state index in [4.69, 9.17) is 16.3 Å². The van der Waals surface area contributed by atoms with Crippen LogP contribution in [0.5, 0.6) is 0 Å². The van der Waals surface area contributed by atoms with Gasteiger partial charge in [-0.3, -0.25) is 4.79 Å². The van der Waals surface area contributed by atoms with E-state index in [0.717, 1.165) is 12.8 Å². The molecule has 0 aromatic carbocycles. The zero-order valence-corrected chi connectivity index (χ0v) is 9.59. The molecule has 1 aromatic rings. The Labute approximate surface area is 98.2 Å². The lowest BCUT2D eigenvalue weighted by Crippen LogP contribution is -2.46. The van der Waals surface area contributed by atoms with Crippen molar-refractivity contribution >= 4 is 17.4 Å². The van der Waals surface area contributed by atoms with E-state index < -0.39 is 0 Å². The summed E-state index contributed by atoms with van der Waals surface area (Å²) < 4.78 is 5.29. The van der Waals surface area contributed by atoms with Gasteiger partial charge < -0.3 is 15.0 Å². The van der Waals surface area contributed by atoms with Gasteiger partial charge in [-0.2, -0.15) is 0 Å². The highest BCUT2D eigenvalue weighted by molar-refractivity contribution is 6.18. The van der Waals surface area contributed by atoms with Crippen LogP contribution in [0.1, 0.15) is 12.8 Å². The molecule has 5 nitrogen and oxygen atoms in total. The van der Waals surface area contributed by atoms with Crippen LogP contribution in [-0.4, -0.2) is 34.6 Å². The molecule has 0 amide bonds. The van der Waals surface area contributed by atoms with Crippen LogP contribution in [0.2, 0.25) is 0 Å². The van der Waals surface area contributed by atoms with Gasteiger partial charge in [0.1, 0.15) is 0 Å². The minimum Gasteiger partial charge on any atom is -0.381 e. The molecule has 0 radical (unpaired) electrons. The molecular formula is C10H14ClN3O2. The molecule has 1 saturated heterocycles. The first-order chi connectivity index (χ1) is 7.76. The molecule has 0 atom stereocenters. The maximum absolute atomic E-state index is 11.5. The first-order valence-electron chi connectivity index (χ1n) is 5.21. The van der Waals surface area contributed by atoms with Crippen LogP contribution >= 0.6 is 11.6 Å². The molecule has 1 aromatic heterocycles. The summed E-state index contributed by atoms with van der Waals surface area (Å²) in [5.41, 5.74) is -0.500. The molecule has 0 saturated carbocycles. The molecule has 1 aliphatic rings. The van der Waals surface area contributed by atoms with Crippen molar-refractivity contribution < 1.29 is 4.74 Å². The third kappa shape index (κ3) is 2.36. The van der Waals surface area contributed by atoms with E-state index in [1.807, 2.05) is 0 Å². The number of hydrogen-bond donors (Lipinski definition) is 2. The summed E-state index contributed by atoms with van der Waals surface area (Å²) in [5.74, 6) is 0.761. The van der Waals surface area contributed by atoms with Gasteiger partial charge in [0.05, 0.1) is 5.54 Å². The Morgan fingerprint density at radius 1 is 1.56 bits per heavy atom. The zero-order valence-electron chi connectivity index (χ0n) is 8.83. The van der Waals surface area contributed by atoms with Crippen LogP contribution in [0.15, 0.2) is 17.2 Å². The minimum absolute atomic E-state index is 0.224. The van der Waals surface area contributed by atoms with Gasteiger partial charge in [0.2, 0.25) is 0 Å². The molecule has 2 N–H and O–H groups in total. The quantitative estimate of drug-likeness (QED) is 0.777. The van der Waals surface area contributed by atoms with Crippen molar-refractivity contribution in [2.75, 3.05) is 24.4 Å². The second kappa shape index (κ2) is 4.84. The Morgan fingerprint density at radius 3 is 2.94 bits per heavy atom. The molecular weight excluding hydrogens is 230 g/mol. The van der Waals surface area contributed by atoms with E-state index >= 15 is 0 Å². The highest BCUT2D eigenvalue weighted by Gasteiger charge is 2.32. The van der Waals surface area contributed by atoms with Gasteiger partial charge in [-0.05, 0) is 12.8 Å². The lowest BCUT2D eigenvalue weighted by molar-refractivity contribution is 0.0666. The normalized spacial score (nSPS) is 19.3. The number of nitrogens with one attached hydrogen (secondary N) is 2. The van der Waals surface area contributed by atoms with E-state index in [1.54, 1.807) is 6.20 Å². The standard InChI is InChI=1S/C10H14ClN3O2/c11-7-10(1-5-16-6-2-10)14-8-9(15)13-4-3-12-8/h3-4H,1-2,5-7H2,(H,12,14)(H,13,15). The number of rotatable bonds is 3. The molecule has 1 aliphatic heterocycles. The third-order valence-corrected chi connectivity index (χ3v) is 3.31. The number of aromatic amines is 1. The molecule has 0 spiro atoms. The second-order valence-corrected chi connectivity index (χ2v) is 4.19. The number of anilines is 1. The predicted octanol–water partition coefficient (Wildman–Crippen LogP) is 0.970. The Kier molecular flexibility index (Phi) is 3.46. The Hall–Kier alpha value is -1.07. The van der Waals surface area contributed by atoms with E-state index in [9.17, 15) is 4.79 Å². The number of aromatic nitrogens is 2. The van der Waals surface area contributed by atoms with Gasteiger partial charge in [-0.25, -0.2) is 4.98 Å². The Bertz CT molecular complexity index is 401. The topological polar surface area (TPSA) is 67.0 Å². The number of nitrogens with zero attached hydrogens (tertiary/aromatic N) is 1. The fourth-order valence-corrected chi connectivity index (χ4v) is 2.08. The fourth-order valence-electron chi connectivity index (χ4n) is 1.75. The minimum atomic E-state index is -0.277. The summed E-state index contributed by atoms with van der Waals surface area (Å²) in [6.45, 7) is 1.31. The van der Waals surface area contributed by atoms with Gasteiger partial charge in [-0.15, -0.1) is 11.6 Å². The molecule has 2 heterocycles. The summed E-state index contributed by atoms with van der Waals surface area (Å²) >= 11 is 5.98. The van der Waals surface area contributed by atoms with Gasteiger partial charge >= 0.3 is 0 Å². The van der Waals surface area contributed by atoms with Crippen LogP contribution in [0.4, 0.5) is 5.82 Å². The summed E-state index contributed by atoms with van der Waals surface area (Å²) in [5, 5.41) is 3.15. The van der Waals surface area contributed by atoms with Gasteiger partial charge in [0, 0.05) is 31.5 Å². The van der Waals surface area contributed by atoms with E-state index in [1.165, 1.54) is 6.20 Å². The predicted molar refractivity (Wildman–Crippen MR) is 62.0 cm³/mol. The molecule has 1 fully saturated rings. The van der Waals surface area contributed by atoms with Crippen LogP contribution in [0.25, 0.3) is 0 Å². The van der Waals surface area contributed by atoms with Crippen LogP contribution in [0.3, 0.4) is 0 Å². The average molecular weight is 244 g/mol. The van der Waals surface area contributed by atoms with Gasteiger partial charge in [-0.1, -0.05) is 0 Å². The van der Waals surface area contributed by atoms with Crippen molar-refractivity contribution in [2.24, 2.45) is 0 Å². The van der Waals surface area contributed by atoms with Crippen molar-refractivity contribution in [1.82, 2.24) is 9.97 Å². The van der Waals surface area contributed by atoms with Crippen molar-refractivity contribution in [2.45, 2.75) is 18.4 Å². The highest BCUT2D eigenvalue weighted by atomic mass is 35.5. The summed E-state index contributed by atoms with van der Waals surface area (Å²) in [6, 6.07) is 0. The Morgan fingerprint density at radius 2 is 2.31 bits per heavy atom. The van der Waals surface area contributed by atoms with E-state index in [-0.39, 0.29) is 11.1 Å². The molecule has 2 rings (SSSR count). The molecule has 16 heavy (non-hydrogen) atoms. The summed E-state index contributed by atoms with van der Waals surface area (Å²) in [6.07, 6.45) is 4.62. The van der Waals surface area contributed by atoms with E-state index in [0.29, 0.717) is 24.9 Å². The lowest BCUT2D eigenvalue weighted by Gasteiger charge is -2.36. The molecule has 0 unspecified atom stereocenters. The summed E-state index contributed by atoms with van der Waals surface area (Å²) in [4.78, 5) is 18.1. The monoisotopic (exact) mass is 243 g/mol. The average Bonchev–Trinajstić information content (AvgIpc) is 2.33. The van der Waals surface area contributed by atoms with E-state index in [2.05, 4.69) is 15.3 Å². The van der Waals surface area contributed by atoms with Crippen LogP contribution in [-0.2, 0) is 4.74 Å². The number of alkyl halides is 1. The molecule has 0 bridgehead atoms. The molecule has 88 valence electrons.